The molecule has 0 radical (unpaired) electrons. The van der Waals surface area contributed by atoms with E-state index in [1.165, 1.54) is 18.6 Å². The zero-order valence-electron chi connectivity index (χ0n) is 10.4. The van der Waals surface area contributed by atoms with Gasteiger partial charge in [0, 0.05) is 31.5 Å². The number of fused-ring (bicyclic) bond motifs is 2. The minimum absolute atomic E-state index is 0.187. The number of Topliss-reactive ketones (excluding diaryl/α,β-unsaturated/α-hetero) is 1. The van der Waals surface area contributed by atoms with Crippen LogP contribution >= 0.6 is 0 Å². The summed E-state index contributed by atoms with van der Waals surface area (Å²) in [6.45, 7) is 0.850. The molecule has 0 N–H and O–H groups in total. The van der Waals surface area contributed by atoms with Gasteiger partial charge in [0.2, 0.25) is 0 Å². The Kier molecular flexibility index (Phi) is 3.16. The molecule has 2 saturated heterocycles. The van der Waals surface area contributed by atoms with Crippen molar-refractivity contribution in [3.63, 3.8) is 0 Å². The van der Waals surface area contributed by atoms with Crippen LogP contribution in [0.5, 0.6) is 0 Å². The molecule has 0 aromatic heterocycles. The van der Waals surface area contributed by atoms with Crippen LogP contribution in [0, 0.1) is 5.82 Å². The van der Waals surface area contributed by atoms with E-state index in [9.17, 15) is 9.18 Å². The van der Waals surface area contributed by atoms with Gasteiger partial charge in [-0.05, 0) is 30.5 Å². The maximum absolute atomic E-state index is 12.9. The van der Waals surface area contributed by atoms with Gasteiger partial charge in [-0.15, -0.1) is 0 Å². The normalized spacial score (nSPS) is 28.4. The van der Waals surface area contributed by atoms with Gasteiger partial charge in [0.25, 0.3) is 0 Å². The van der Waals surface area contributed by atoms with Crippen LogP contribution in [0.4, 0.5) is 4.39 Å². The minimum atomic E-state index is -0.187. The highest BCUT2D eigenvalue weighted by Gasteiger charge is 2.37. The van der Waals surface area contributed by atoms with Crippen LogP contribution in [-0.4, -0.2) is 22.8 Å². The van der Waals surface area contributed by atoms with Crippen molar-refractivity contribution >= 4 is 5.78 Å². The van der Waals surface area contributed by atoms with Crippen LogP contribution in [-0.2, 0) is 11.3 Å². The van der Waals surface area contributed by atoms with Crippen molar-refractivity contribution in [2.45, 2.75) is 50.7 Å². The van der Waals surface area contributed by atoms with Gasteiger partial charge < -0.3 is 0 Å². The molecule has 2 bridgehead atoms. The second-order valence-electron chi connectivity index (χ2n) is 5.48. The van der Waals surface area contributed by atoms with E-state index in [4.69, 9.17) is 0 Å². The number of nitrogens with zero attached hydrogens (tertiary/aromatic N) is 1. The quantitative estimate of drug-likeness (QED) is 0.801. The molecule has 3 rings (SSSR count). The predicted molar refractivity (Wildman–Crippen MR) is 67.6 cm³/mol. The molecule has 0 aliphatic carbocycles. The number of carbonyl (C=O) groups excluding carboxylic acids is 1. The summed E-state index contributed by atoms with van der Waals surface area (Å²) in [6.07, 6.45) is 4.91. The van der Waals surface area contributed by atoms with Crippen molar-refractivity contribution in [2.24, 2.45) is 0 Å². The van der Waals surface area contributed by atoms with E-state index in [2.05, 4.69) is 4.90 Å². The van der Waals surface area contributed by atoms with Crippen LogP contribution in [0.25, 0.3) is 0 Å². The van der Waals surface area contributed by atoms with Crippen LogP contribution in [0.1, 0.15) is 37.7 Å². The molecule has 1 aromatic carbocycles. The Hall–Kier alpha value is -1.22. The molecule has 2 aliphatic rings. The highest BCUT2D eigenvalue weighted by molar-refractivity contribution is 5.80. The fourth-order valence-corrected chi connectivity index (χ4v) is 3.33. The van der Waals surface area contributed by atoms with Gasteiger partial charge in [0.05, 0.1) is 0 Å². The average Bonchev–Trinajstić information content (AvgIpc) is 2.33. The molecule has 0 amide bonds. The number of ketones is 1. The summed E-state index contributed by atoms with van der Waals surface area (Å²) in [5, 5.41) is 0. The zero-order chi connectivity index (χ0) is 12.5. The lowest BCUT2D eigenvalue weighted by atomic mass is 9.83. The maximum atomic E-state index is 12.9. The van der Waals surface area contributed by atoms with E-state index in [-0.39, 0.29) is 5.82 Å². The Balaban J connectivity index is 1.75. The summed E-state index contributed by atoms with van der Waals surface area (Å²) in [4.78, 5) is 14.1. The van der Waals surface area contributed by atoms with Crippen molar-refractivity contribution in [3.8, 4) is 0 Å². The van der Waals surface area contributed by atoms with Gasteiger partial charge in [0.1, 0.15) is 11.6 Å². The molecule has 2 atom stereocenters. The topological polar surface area (TPSA) is 20.3 Å². The number of benzene rings is 1. The Bertz CT molecular complexity index is 426. The fraction of sp³-hybridized carbons (Fsp3) is 0.533. The lowest BCUT2D eigenvalue weighted by Gasteiger charge is -2.45. The molecule has 2 nitrogen and oxygen atoms in total. The van der Waals surface area contributed by atoms with Gasteiger partial charge in [-0.2, -0.15) is 0 Å². The van der Waals surface area contributed by atoms with Crippen molar-refractivity contribution < 1.29 is 9.18 Å². The second-order valence-corrected chi connectivity index (χ2v) is 5.48. The lowest BCUT2D eigenvalue weighted by molar-refractivity contribution is -0.127. The smallest absolute Gasteiger partial charge is 0.136 e. The first-order valence-electron chi connectivity index (χ1n) is 6.74. The Labute approximate surface area is 107 Å². The van der Waals surface area contributed by atoms with Crippen LogP contribution < -0.4 is 0 Å². The summed E-state index contributed by atoms with van der Waals surface area (Å²) < 4.78 is 12.9. The van der Waals surface area contributed by atoms with Crippen LogP contribution in [0.2, 0.25) is 0 Å². The molecule has 2 fully saturated rings. The van der Waals surface area contributed by atoms with Gasteiger partial charge in [-0.1, -0.05) is 18.6 Å². The van der Waals surface area contributed by atoms with E-state index in [0.29, 0.717) is 30.7 Å². The Morgan fingerprint density at radius 3 is 2.33 bits per heavy atom. The standard InChI is InChI=1S/C15H18FNO/c16-12-6-4-11(5-7-12)10-17-13-2-1-3-14(17)9-15(18)8-13/h4-7,13-14H,1-3,8-10H2/t13-,14+. The van der Waals surface area contributed by atoms with Crippen molar-refractivity contribution in [2.75, 3.05) is 0 Å². The summed E-state index contributed by atoms with van der Waals surface area (Å²) in [5.74, 6) is 0.229. The number of rotatable bonds is 2. The van der Waals surface area contributed by atoms with Gasteiger partial charge in [-0.25, -0.2) is 4.39 Å². The maximum Gasteiger partial charge on any atom is 0.136 e. The summed E-state index contributed by atoms with van der Waals surface area (Å²) in [5.41, 5.74) is 1.14. The minimum Gasteiger partial charge on any atom is -0.300 e. The fourth-order valence-electron chi connectivity index (χ4n) is 3.33. The van der Waals surface area contributed by atoms with Gasteiger partial charge >= 0.3 is 0 Å². The van der Waals surface area contributed by atoms with E-state index in [0.717, 1.165) is 24.9 Å². The Morgan fingerprint density at radius 2 is 1.72 bits per heavy atom. The molecule has 2 heterocycles. The summed E-state index contributed by atoms with van der Waals surface area (Å²) >= 11 is 0. The molecular weight excluding hydrogens is 229 g/mol. The molecule has 3 heteroatoms. The molecule has 18 heavy (non-hydrogen) atoms. The first kappa shape index (κ1) is 11.8. The molecule has 1 aromatic rings. The third-order valence-corrected chi connectivity index (χ3v) is 4.22. The highest BCUT2D eigenvalue weighted by Crippen LogP contribution is 2.33. The number of hydrogen-bond donors (Lipinski definition) is 0. The third kappa shape index (κ3) is 2.32. The monoisotopic (exact) mass is 247 g/mol. The van der Waals surface area contributed by atoms with Crippen LogP contribution in [0.3, 0.4) is 0 Å². The van der Waals surface area contributed by atoms with Crippen molar-refractivity contribution in [3.05, 3.63) is 35.6 Å². The molecular formula is C15H18FNO. The van der Waals surface area contributed by atoms with E-state index < -0.39 is 0 Å². The second kappa shape index (κ2) is 4.81. The van der Waals surface area contributed by atoms with Gasteiger partial charge in [0.15, 0.2) is 0 Å². The summed E-state index contributed by atoms with van der Waals surface area (Å²) in [7, 11) is 0. The van der Waals surface area contributed by atoms with E-state index >= 15 is 0 Å². The van der Waals surface area contributed by atoms with E-state index in [1.807, 2.05) is 12.1 Å². The number of hydrogen-bond acceptors (Lipinski definition) is 2. The SMILES string of the molecule is O=C1C[C@H]2CCC[C@@H](C1)N2Cc1ccc(F)cc1. The first-order chi connectivity index (χ1) is 8.72. The lowest BCUT2D eigenvalue weighted by Crippen LogP contribution is -2.51. The highest BCUT2D eigenvalue weighted by atomic mass is 19.1. The first-order valence-corrected chi connectivity index (χ1v) is 6.74. The van der Waals surface area contributed by atoms with E-state index in [1.54, 1.807) is 0 Å². The molecule has 2 aliphatic heterocycles. The number of carbonyl (C=O) groups is 1. The number of piperidine rings is 2. The molecule has 0 unspecified atom stereocenters. The largest absolute Gasteiger partial charge is 0.300 e. The third-order valence-electron chi connectivity index (χ3n) is 4.22. The summed E-state index contributed by atoms with van der Waals surface area (Å²) in [6, 6.07) is 7.55. The van der Waals surface area contributed by atoms with Crippen LogP contribution in [0.15, 0.2) is 24.3 Å². The van der Waals surface area contributed by atoms with Crippen molar-refractivity contribution in [1.82, 2.24) is 4.90 Å². The average molecular weight is 247 g/mol. The molecule has 96 valence electrons. The number of halogens is 1. The Morgan fingerprint density at radius 1 is 1.11 bits per heavy atom. The molecule has 0 saturated carbocycles. The van der Waals surface area contributed by atoms with Gasteiger partial charge in [-0.3, -0.25) is 9.69 Å². The van der Waals surface area contributed by atoms with Crippen molar-refractivity contribution in [1.29, 1.82) is 0 Å². The molecule has 0 spiro atoms. The zero-order valence-corrected chi connectivity index (χ0v) is 10.4. The predicted octanol–water partition coefficient (Wildman–Crippen LogP) is 2.91.